The maximum atomic E-state index is 11.4. The number of nitrogens with zero attached hydrogens (tertiary/aromatic N) is 4. The zero-order chi connectivity index (χ0) is 18.6. The van der Waals surface area contributed by atoms with Crippen molar-refractivity contribution in [3.63, 3.8) is 0 Å². The Bertz CT molecular complexity index is 947. The zero-order valence-corrected chi connectivity index (χ0v) is 15.0. The van der Waals surface area contributed by atoms with Crippen molar-refractivity contribution >= 4 is 28.4 Å². The topological polar surface area (TPSA) is 97.0 Å². The molecule has 3 aromatic rings. The fraction of sp³-hybridized carbons (Fsp3) is 0.300. The lowest BCUT2D eigenvalue weighted by Crippen LogP contribution is -2.39. The molecule has 0 atom stereocenters. The van der Waals surface area contributed by atoms with Gasteiger partial charge in [0.25, 0.3) is 0 Å². The van der Waals surface area contributed by atoms with Gasteiger partial charge >= 0.3 is 0 Å². The third-order valence-electron chi connectivity index (χ3n) is 5.05. The van der Waals surface area contributed by atoms with Crippen LogP contribution in [0.25, 0.3) is 10.9 Å². The predicted octanol–water partition coefficient (Wildman–Crippen LogP) is 2.34. The molecule has 1 aliphatic rings. The van der Waals surface area contributed by atoms with Crippen LogP contribution in [0.4, 0.5) is 11.6 Å². The molecule has 3 heterocycles. The van der Waals surface area contributed by atoms with Crippen LogP contribution in [0.1, 0.15) is 18.4 Å². The Morgan fingerprint density at radius 3 is 2.74 bits per heavy atom. The monoisotopic (exact) mass is 362 g/mol. The summed E-state index contributed by atoms with van der Waals surface area (Å²) in [5.41, 5.74) is 7.45. The van der Waals surface area contributed by atoms with Gasteiger partial charge in [0.15, 0.2) is 0 Å². The van der Waals surface area contributed by atoms with E-state index in [4.69, 9.17) is 5.73 Å². The molecule has 0 saturated carbocycles. The van der Waals surface area contributed by atoms with Crippen LogP contribution in [0.5, 0.6) is 0 Å². The highest BCUT2D eigenvalue weighted by Crippen LogP contribution is 2.26. The predicted molar refractivity (Wildman–Crippen MR) is 105 cm³/mol. The summed E-state index contributed by atoms with van der Waals surface area (Å²) >= 11 is 0. The fourth-order valence-corrected chi connectivity index (χ4v) is 3.55. The van der Waals surface area contributed by atoms with Crippen LogP contribution in [-0.4, -0.2) is 33.9 Å². The third-order valence-corrected chi connectivity index (χ3v) is 5.05. The molecular formula is C20H22N6O. The number of fused-ring (bicyclic) bond motifs is 1. The number of benzene rings is 1. The van der Waals surface area contributed by atoms with Crippen molar-refractivity contribution in [2.45, 2.75) is 19.4 Å². The van der Waals surface area contributed by atoms with Crippen molar-refractivity contribution < 1.29 is 4.79 Å². The van der Waals surface area contributed by atoms with Crippen molar-refractivity contribution in [2.24, 2.45) is 11.7 Å². The number of para-hydroxylation sites is 1. The zero-order valence-electron chi connectivity index (χ0n) is 15.0. The molecule has 1 fully saturated rings. The number of piperidine rings is 1. The van der Waals surface area contributed by atoms with Crippen molar-refractivity contribution in [3.8, 4) is 0 Å². The van der Waals surface area contributed by atoms with Gasteiger partial charge < -0.3 is 16.0 Å². The quantitative estimate of drug-likeness (QED) is 0.723. The van der Waals surface area contributed by atoms with Gasteiger partial charge in [0.1, 0.15) is 18.0 Å². The van der Waals surface area contributed by atoms with E-state index in [9.17, 15) is 4.79 Å². The normalized spacial score (nSPS) is 15.0. The molecule has 4 rings (SSSR count). The van der Waals surface area contributed by atoms with E-state index >= 15 is 0 Å². The van der Waals surface area contributed by atoms with Crippen LogP contribution in [0, 0.1) is 5.92 Å². The number of pyridine rings is 1. The second-order valence-corrected chi connectivity index (χ2v) is 6.74. The molecule has 7 heteroatoms. The number of anilines is 2. The first-order valence-corrected chi connectivity index (χ1v) is 9.14. The van der Waals surface area contributed by atoms with Crippen molar-refractivity contribution in [2.75, 3.05) is 23.3 Å². The molecule has 0 unspecified atom stereocenters. The molecule has 1 aliphatic heterocycles. The number of nitrogens with one attached hydrogen (secondary N) is 1. The average Bonchev–Trinajstić information content (AvgIpc) is 2.72. The first kappa shape index (κ1) is 17.2. The van der Waals surface area contributed by atoms with E-state index in [0.717, 1.165) is 54.0 Å². The third kappa shape index (κ3) is 3.67. The Balaban J connectivity index is 1.51. The van der Waals surface area contributed by atoms with E-state index in [-0.39, 0.29) is 11.8 Å². The Labute approximate surface area is 157 Å². The highest BCUT2D eigenvalue weighted by Gasteiger charge is 2.24. The highest BCUT2D eigenvalue weighted by molar-refractivity contribution is 5.88. The summed E-state index contributed by atoms with van der Waals surface area (Å²) in [6.45, 7) is 2.18. The Hall–Kier alpha value is -3.22. The summed E-state index contributed by atoms with van der Waals surface area (Å²) in [6.07, 6.45) is 4.92. The van der Waals surface area contributed by atoms with Gasteiger partial charge in [-0.1, -0.05) is 18.2 Å². The minimum atomic E-state index is -0.201. The SMILES string of the molecule is NC(=O)C1CCN(c2ncccc2CNc2ncnc3ccccc23)CC1. The number of primary amides is 1. The second kappa shape index (κ2) is 7.57. The average molecular weight is 362 g/mol. The van der Waals surface area contributed by atoms with Gasteiger partial charge in [-0.25, -0.2) is 15.0 Å². The van der Waals surface area contributed by atoms with E-state index in [1.165, 1.54) is 0 Å². The molecule has 0 bridgehead atoms. The summed E-state index contributed by atoms with van der Waals surface area (Å²) in [4.78, 5) is 26.9. The molecule has 0 spiro atoms. The van der Waals surface area contributed by atoms with Gasteiger partial charge in [-0.2, -0.15) is 0 Å². The number of nitrogens with two attached hydrogens (primary N) is 1. The smallest absolute Gasteiger partial charge is 0.220 e. The van der Waals surface area contributed by atoms with Crippen molar-refractivity contribution in [1.29, 1.82) is 0 Å². The molecule has 1 amide bonds. The van der Waals surface area contributed by atoms with E-state index in [1.807, 2.05) is 30.3 Å². The number of aromatic nitrogens is 3. The maximum Gasteiger partial charge on any atom is 0.220 e. The van der Waals surface area contributed by atoms with Crippen LogP contribution >= 0.6 is 0 Å². The summed E-state index contributed by atoms with van der Waals surface area (Å²) in [5, 5.41) is 4.41. The number of hydrogen-bond acceptors (Lipinski definition) is 6. The lowest BCUT2D eigenvalue weighted by molar-refractivity contribution is -0.122. The standard InChI is InChI=1S/C20H22N6O/c21-18(27)14-7-10-26(11-8-14)20-15(4-3-9-22-20)12-23-19-16-5-1-2-6-17(16)24-13-25-19/h1-6,9,13-14H,7-8,10-12H2,(H2,21,27)(H,23,24,25). The van der Waals surface area contributed by atoms with Crippen LogP contribution < -0.4 is 16.0 Å². The summed E-state index contributed by atoms with van der Waals surface area (Å²) in [6, 6.07) is 11.9. The molecule has 3 N–H and O–H groups in total. The largest absolute Gasteiger partial charge is 0.369 e. The van der Waals surface area contributed by atoms with Gasteiger partial charge in [0.2, 0.25) is 5.91 Å². The minimum Gasteiger partial charge on any atom is -0.369 e. The lowest BCUT2D eigenvalue weighted by atomic mass is 9.96. The van der Waals surface area contributed by atoms with Crippen LogP contribution in [0.2, 0.25) is 0 Å². The first-order valence-electron chi connectivity index (χ1n) is 9.14. The van der Waals surface area contributed by atoms with E-state index < -0.39 is 0 Å². The van der Waals surface area contributed by atoms with Gasteiger partial charge in [-0.3, -0.25) is 4.79 Å². The van der Waals surface area contributed by atoms with E-state index in [1.54, 1.807) is 12.5 Å². The molecular weight excluding hydrogens is 340 g/mol. The van der Waals surface area contributed by atoms with Gasteiger partial charge in [-0.15, -0.1) is 0 Å². The number of rotatable bonds is 5. The van der Waals surface area contributed by atoms with Gasteiger partial charge in [-0.05, 0) is 31.0 Å². The molecule has 2 aromatic heterocycles. The molecule has 27 heavy (non-hydrogen) atoms. The number of hydrogen-bond donors (Lipinski definition) is 2. The first-order chi connectivity index (χ1) is 13.2. The lowest BCUT2D eigenvalue weighted by Gasteiger charge is -2.32. The van der Waals surface area contributed by atoms with Crippen LogP contribution in [-0.2, 0) is 11.3 Å². The highest BCUT2D eigenvalue weighted by atomic mass is 16.1. The van der Waals surface area contributed by atoms with Crippen molar-refractivity contribution in [3.05, 3.63) is 54.5 Å². The fourth-order valence-electron chi connectivity index (χ4n) is 3.55. The molecule has 7 nitrogen and oxygen atoms in total. The number of carbonyl (C=O) groups excluding carboxylic acids is 1. The second-order valence-electron chi connectivity index (χ2n) is 6.74. The Morgan fingerprint density at radius 1 is 1.11 bits per heavy atom. The summed E-state index contributed by atoms with van der Waals surface area (Å²) in [7, 11) is 0. The van der Waals surface area contributed by atoms with Crippen LogP contribution in [0.3, 0.4) is 0 Å². The Morgan fingerprint density at radius 2 is 1.93 bits per heavy atom. The van der Waals surface area contributed by atoms with Gasteiger partial charge in [0.05, 0.1) is 5.52 Å². The van der Waals surface area contributed by atoms with Crippen LogP contribution in [0.15, 0.2) is 48.9 Å². The maximum absolute atomic E-state index is 11.4. The van der Waals surface area contributed by atoms with E-state index in [2.05, 4.69) is 31.2 Å². The number of carbonyl (C=O) groups is 1. The van der Waals surface area contributed by atoms with Gasteiger partial charge in [0, 0.05) is 42.7 Å². The molecule has 138 valence electrons. The molecule has 1 aromatic carbocycles. The molecule has 0 radical (unpaired) electrons. The molecule has 0 aliphatic carbocycles. The summed E-state index contributed by atoms with van der Waals surface area (Å²) < 4.78 is 0. The molecule has 1 saturated heterocycles. The van der Waals surface area contributed by atoms with Crippen molar-refractivity contribution in [1.82, 2.24) is 15.0 Å². The minimum absolute atomic E-state index is 0.0288. The van der Waals surface area contributed by atoms with E-state index in [0.29, 0.717) is 6.54 Å². The summed E-state index contributed by atoms with van der Waals surface area (Å²) in [5.74, 6) is 1.53. The number of amides is 1. The Kier molecular flexibility index (Phi) is 4.82.